The number of carbonyl (C=O) groups is 4. The molecule has 8 nitrogen and oxygen atoms in total. The number of rotatable bonds is 6. The zero-order chi connectivity index (χ0) is 17.6. The summed E-state index contributed by atoms with van der Waals surface area (Å²) in [5.74, 6) is -4.43. The Morgan fingerprint density at radius 3 is 1.91 bits per heavy atom. The molecule has 0 aliphatic carbocycles. The fraction of sp³-hybridized carbons (Fsp3) is 0.286. The number of hydrogen-bond donors (Lipinski definition) is 2. The molecular weight excluding hydrogens is 330 g/mol. The van der Waals surface area contributed by atoms with Gasteiger partial charge in [0.05, 0.1) is 0 Å². The SMILES string of the molecule is CC(=O)O[C@H](C(=O)O)[C@@H](OC(C)=O)C(=O)Nc1ccc(Cl)cc1. The molecule has 0 aliphatic rings. The molecule has 1 aromatic rings. The molecule has 2 atom stereocenters. The number of amides is 1. The molecule has 2 N–H and O–H groups in total. The number of ether oxygens (including phenoxy) is 2. The Kier molecular flexibility index (Phi) is 6.52. The molecular formula is C14H14ClNO7. The first-order valence-corrected chi connectivity index (χ1v) is 6.72. The van der Waals surface area contributed by atoms with E-state index in [4.69, 9.17) is 21.4 Å². The Balaban J connectivity index is 3.00. The van der Waals surface area contributed by atoms with Gasteiger partial charge in [-0.15, -0.1) is 0 Å². The van der Waals surface area contributed by atoms with E-state index in [9.17, 15) is 19.2 Å². The first-order valence-electron chi connectivity index (χ1n) is 6.34. The van der Waals surface area contributed by atoms with Gasteiger partial charge in [-0.2, -0.15) is 0 Å². The molecule has 0 heterocycles. The highest BCUT2D eigenvalue weighted by Gasteiger charge is 2.39. The summed E-state index contributed by atoms with van der Waals surface area (Å²) in [4.78, 5) is 45.5. The predicted molar refractivity (Wildman–Crippen MR) is 78.8 cm³/mol. The van der Waals surface area contributed by atoms with E-state index in [1.54, 1.807) is 0 Å². The molecule has 1 aromatic carbocycles. The van der Waals surface area contributed by atoms with Crippen molar-refractivity contribution in [1.29, 1.82) is 0 Å². The number of hydrogen-bond acceptors (Lipinski definition) is 6. The topological polar surface area (TPSA) is 119 Å². The van der Waals surface area contributed by atoms with Gasteiger partial charge in [-0.25, -0.2) is 4.79 Å². The highest BCUT2D eigenvalue weighted by molar-refractivity contribution is 6.30. The van der Waals surface area contributed by atoms with Crippen LogP contribution < -0.4 is 5.32 Å². The molecule has 0 saturated carbocycles. The van der Waals surface area contributed by atoms with Gasteiger partial charge in [0, 0.05) is 24.6 Å². The van der Waals surface area contributed by atoms with Crippen molar-refractivity contribution in [2.45, 2.75) is 26.1 Å². The number of carboxylic acids is 1. The van der Waals surface area contributed by atoms with Crippen LogP contribution in [0.4, 0.5) is 5.69 Å². The number of nitrogens with one attached hydrogen (secondary N) is 1. The predicted octanol–water partition coefficient (Wildman–Crippen LogP) is 1.23. The number of halogens is 1. The molecule has 0 aromatic heterocycles. The third kappa shape index (κ3) is 5.95. The van der Waals surface area contributed by atoms with Crippen molar-refractivity contribution in [2.24, 2.45) is 0 Å². The first kappa shape index (κ1) is 18.4. The van der Waals surface area contributed by atoms with Crippen molar-refractivity contribution in [3.05, 3.63) is 29.3 Å². The second-order valence-corrected chi connectivity index (χ2v) is 4.83. The number of aliphatic carboxylic acids is 1. The van der Waals surface area contributed by atoms with E-state index in [0.717, 1.165) is 13.8 Å². The Morgan fingerprint density at radius 1 is 1.00 bits per heavy atom. The number of esters is 2. The zero-order valence-corrected chi connectivity index (χ0v) is 13.0. The minimum Gasteiger partial charge on any atom is -0.478 e. The number of carbonyl (C=O) groups excluding carboxylic acids is 3. The lowest BCUT2D eigenvalue weighted by molar-refractivity contribution is -0.179. The lowest BCUT2D eigenvalue weighted by Crippen LogP contribution is -2.47. The van der Waals surface area contributed by atoms with E-state index >= 15 is 0 Å². The van der Waals surface area contributed by atoms with Crippen LogP contribution in [-0.4, -0.2) is 41.1 Å². The molecule has 1 rings (SSSR count). The number of anilines is 1. The van der Waals surface area contributed by atoms with Gasteiger partial charge in [0.1, 0.15) is 0 Å². The molecule has 0 bridgehead atoms. The van der Waals surface area contributed by atoms with Crippen LogP contribution in [0, 0.1) is 0 Å². The standard InChI is InChI=1S/C14H14ClNO7/c1-7(17)22-11(12(14(20)21)23-8(2)18)13(19)16-10-5-3-9(15)4-6-10/h3-6,11-12H,1-2H3,(H,16,19)(H,20,21)/t11-,12+/m1/s1. The summed E-state index contributed by atoms with van der Waals surface area (Å²) in [6.07, 6.45) is -3.81. The van der Waals surface area contributed by atoms with Crippen molar-refractivity contribution in [1.82, 2.24) is 0 Å². The van der Waals surface area contributed by atoms with Crippen LogP contribution in [0.25, 0.3) is 0 Å². The summed E-state index contributed by atoms with van der Waals surface area (Å²) in [6.45, 7) is 1.97. The molecule has 0 aliphatic heterocycles. The summed E-state index contributed by atoms with van der Waals surface area (Å²) in [7, 11) is 0. The van der Waals surface area contributed by atoms with Gasteiger partial charge in [0.15, 0.2) is 0 Å². The zero-order valence-electron chi connectivity index (χ0n) is 12.2. The van der Waals surface area contributed by atoms with E-state index in [2.05, 4.69) is 10.1 Å². The van der Waals surface area contributed by atoms with Gasteiger partial charge in [-0.1, -0.05) is 11.6 Å². The van der Waals surface area contributed by atoms with Gasteiger partial charge in [0.25, 0.3) is 5.91 Å². The minimum absolute atomic E-state index is 0.295. The average Bonchev–Trinajstić information content (AvgIpc) is 2.44. The molecule has 9 heteroatoms. The van der Waals surface area contributed by atoms with Crippen LogP contribution in [0.3, 0.4) is 0 Å². The van der Waals surface area contributed by atoms with E-state index in [1.807, 2.05) is 0 Å². The summed E-state index contributed by atoms with van der Waals surface area (Å²) >= 11 is 5.71. The Labute approximate surface area is 136 Å². The maximum Gasteiger partial charge on any atom is 0.349 e. The third-order valence-electron chi connectivity index (χ3n) is 2.47. The highest BCUT2D eigenvalue weighted by atomic mass is 35.5. The van der Waals surface area contributed by atoms with Gasteiger partial charge in [-0.05, 0) is 24.3 Å². The third-order valence-corrected chi connectivity index (χ3v) is 2.73. The fourth-order valence-electron chi connectivity index (χ4n) is 1.60. The number of carboxylic acid groups (broad SMARTS) is 1. The Bertz CT molecular complexity index is 614. The van der Waals surface area contributed by atoms with Crippen LogP contribution in [0.15, 0.2) is 24.3 Å². The van der Waals surface area contributed by atoms with Crippen LogP contribution >= 0.6 is 11.6 Å². The second kappa shape index (κ2) is 8.14. The minimum atomic E-state index is -1.97. The molecule has 1 amide bonds. The van der Waals surface area contributed by atoms with E-state index in [0.29, 0.717) is 10.7 Å². The van der Waals surface area contributed by atoms with Gasteiger partial charge < -0.3 is 19.9 Å². The maximum absolute atomic E-state index is 12.2. The van der Waals surface area contributed by atoms with Crippen LogP contribution in [0.2, 0.25) is 5.02 Å². The summed E-state index contributed by atoms with van der Waals surface area (Å²) in [5.41, 5.74) is 0.295. The van der Waals surface area contributed by atoms with Crippen molar-refractivity contribution in [2.75, 3.05) is 5.32 Å². The quantitative estimate of drug-likeness (QED) is 0.745. The lowest BCUT2D eigenvalue weighted by Gasteiger charge is -2.22. The van der Waals surface area contributed by atoms with Crippen LogP contribution in [-0.2, 0) is 28.7 Å². The molecule has 0 radical (unpaired) electrons. The Hall–Kier alpha value is -2.61. The largest absolute Gasteiger partial charge is 0.478 e. The van der Waals surface area contributed by atoms with Crippen LogP contribution in [0.5, 0.6) is 0 Å². The molecule has 0 spiro atoms. The smallest absolute Gasteiger partial charge is 0.349 e. The van der Waals surface area contributed by atoms with Crippen molar-refractivity contribution in [3.63, 3.8) is 0 Å². The molecule has 23 heavy (non-hydrogen) atoms. The van der Waals surface area contributed by atoms with Gasteiger partial charge in [-0.3, -0.25) is 14.4 Å². The highest BCUT2D eigenvalue weighted by Crippen LogP contribution is 2.15. The number of benzene rings is 1. The van der Waals surface area contributed by atoms with E-state index in [1.165, 1.54) is 24.3 Å². The van der Waals surface area contributed by atoms with Crippen LogP contribution in [0.1, 0.15) is 13.8 Å². The average molecular weight is 344 g/mol. The maximum atomic E-state index is 12.2. The summed E-state index contributed by atoms with van der Waals surface area (Å²) in [6, 6.07) is 5.93. The Morgan fingerprint density at radius 2 is 1.48 bits per heavy atom. The van der Waals surface area contributed by atoms with E-state index < -0.39 is 36.0 Å². The monoisotopic (exact) mass is 343 g/mol. The molecule has 124 valence electrons. The summed E-state index contributed by atoms with van der Waals surface area (Å²) < 4.78 is 9.25. The summed E-state index contributed by atoms with van der Waals surface area (Å²) in [5, 5.41) is 11.9. The lowest BCUT2D eigenvalue weighted by atomic mass is 10.1. The second-order valence-electron chi connectivity index (χ2n) is 4.39. The van der Waals surface area contributed by atoms with Crippen molar-refractivity contribution in [3.8, 4) is 0 Å². The fourth-order valence-corrected chi connectivity index (χ4v) is 1.72. The van der Waals surface area contributed by atoms with E-state index in [-0.39, 0.29) is 0 Å². The van der Waals surface area contributed by atoms with Gasteiger partial charge >= 0.3 is 17.9 Å². The molecule has 0 saturated heterocycles. The van der Waals surface area contributed by atoms with Crippen molar-refractivity contribution < 1.29 is 33.8 Å². The molecule has 0 unspecified atom stereocenters. The molecule has 0 fully saturated rings. The van der Waals surface area contributed by atoms with Crippen molar-refractivity contribution >= 4 is 41.1 Å². The van der Waals surface area contributed by atoms with Gasteiger partial charge in [0.2, 0.25) is 12.2 Å². The first-order chi connectivity index (χ1) is 10.7. The normalized spacial score (nSPS) is 12.7.